The number of hydrogen-bond acceptors (Lipinski definition) is 7. The van der Waals surface area contributed by atoms with Crippen molar-refractivity contribution in [1.29, 1.82) is 0 Å². The van der Waals surface area contributed by atoms with Gasteiger partial charge in [-0.2, -0.15) is 0 Å². The first kappa shape index (κ1) is 25.3. The highest BCUT2D eigenvalue weighted by molar-refractivity contribution is 7.44. The van der Waals surface area contributed by atoms with E-state index in [4.69, 9.17) is 26.0 Å². The summed E-state index contributed by atoms with van der Waals surface area (Å²) in [5, 5.41) is 2.62. The van der Waals surface area contributed by atoms with E-state index in [-0.39, 0.29) is 16.4 Å². The van der Waals surface area contributed by atoms with Crippen LogP contribution in [0.2, 0.25) is 5.02 Å². The van der Waals surface area contributed by atoms with Crippen LogP contribution < -0.4 is 14.9 Å². The van der Waals surface area contributed by atoms with Crippen LogP contribution in [0.25, 0.3) is 0 Å². The topological polar surface area (TPSA) is 134 Å². The van der Waals surface area contributed by atoms with Crippen molar-refractivity contribution >= 4 is 31.1 Å². The van der Waals surface area contributed by atoms with Gasteiger partial charge in [0.1, 0.15) is 23.3 Å². The number of amides is 1. The highest BCUT2D eigenvalue weighted by atomic mass is 35.5. The van der Waals surface area contributed by atoms with Gasteiger partial charge in [-0.25, -0.2) is 4.39 Å². The Morgan fingerprint density at radius 2 is 2.00 bits per heavy atom. The van der Waals surface area contributed by atoms with Crippen LogP contribution in [0.15, 0.2) is 36.4 Å². The number of fused-ring (bicyclic) bond motifs is 1. The maximum atomic E-state index is 13.4. The van der Waals surface area contributed by atoms with Gasteiger partial charge in [0.05, 0.1) is 16.6 Å². The summed E-state index contributed by atoms with van der Waals surface area (Å²) in [5.74, 6) is -1.17. The molecule has 1 heterocycles. The minimum atomic E-state index is -5.07. The number of nitrogens with one attached hydrogen (secondary N) is 1. The Kier molecular flexibility index (Phi) is 7.28. The molecule has 0 aromatic heterocycles. The standard InChI is InChI=1S/C21H22ClFNO8P/c1-11(25)12-4-7-17-15(8-12)18(24-20(26)14-6-5-13(23)9-16(14)22)19(21(2,3)32-17)30-10-31-33(27,28)29/h4-9,18-19H,10H2,1-3H3,(H,24,26)(H2,27,28,29)/p-1/t18-,19+/m0/s1. The minimum absolute atomic E-state index is 0.0129. The first-order valence-corrected chi connectivity index (χ1v) is 11.6. The second kappa shape index (κ2) is 9.50. The number of phosphoric acid groups is 1. The van der Waals surface area contributed by atoms with Gasteiger partial charge in [-0.1, -0.05) is 11.6 Å². The van der Waals surface area contributed by atoms with Crippen molar-refractivity contribution in [2.24, 2.45) is 0 Å². The molecule has 3 atom stereocenters. The number of ether oxygens (including phenoxy) is 2. The Morgan fingerprint density at radius 3 is 2.61 bits per heavy atom. The maximum Gasteiger partial charge on any atom is 0.267 e. The summed E-state index contributed by atoms with van der Waals surface area (Å²) in [4.78, 5) is 44.8. The summed E-state index contributed by atoms with van der Waals surface area (Å²) < 4.78 is 40.2. The van der Waals surface area contributed by atoms with Crippen molar-refractivity contribution < 1.29 is 42.3 Å². The first-order valence-electron chi connectivity index (χ1n) is 9.68. The molecular weight excluding hydrogens is 480 g/mol. The zero-order chi connectivity index (χ0) is 24.6. The van der Waals surface area contributed by atoms with Gasteiger partial charge in [0.25, 0.3) is 13.7 Å². The molecule has 2 aromatic carbocycles. The molecule has 33 heavy (non-hydrogen) atoms. The van der Waals surface area contributed by atoms with E-state index >= 15 is 0 Å². The molecule has 0 bridgehead atoms. The molecule has 0 aliphatic carbocycles. The molecule has 1 amide bonds. The maximum absolute atomic E-state index is 13.4. The Morgan fingerprint density at radius 1 is 1.30 bits per heavy atom. The van der Waals surface area contributed by atoms with Gasteiger partial charge in [-0.05, 0) is 57.2 Å². The molecule has 9 nitrogen and oxygen atoms in total. The van der Waals surface area contributed by atoms with E-state index in [1.807, 2.05) is 0 Å². The molecule has 1 aliphatic heterocycles. The predicted molar refractivity (Wildman–Crippen MR) is 113 cm³/mol. The van der Waals surface area contributed by atoms with Gasteiger partial charge < -0.3 is 24.6 Å². The third-order valence-electron chi connectivity index (χ3n) is 5.04. The van der Waals surface area contributed by atoms with Gasteiger partial charge in [0.2, 0.25) is 0 Å². The monoisotopic (exact) mass is 500 g/mol. The van der Waals surface area contributed by atoms with Crippen molar-refractivity contribution in [3.05, 3.63) is 63.9 Å². The summed E-state index contributed by atoms with van der Waals surface area (Å²) >= 11 is 6.02. The van der Waals surface area contributed by atoms with E-state index < -0.39 is 44.1 Å². The molecule has 0 spiro atoms. The van der Waals surface area contributed by atoms with E-state index in [9.17, 15) is 23.4 Å². The molecule has 0 radical (unpaired) electrons. The van der Waals surface area contributed by atoms with Gasteiger partial charge in [-0.3, -0.25) is 18.7 Å². The largest absolute Gasteiger partial charge is 0.756 e. The number of rotatable bonds is 7. The number of carbonyl (C=O) groups excluding carboxylic acids is 2. The molecule has 2 aromatic rings. The van der Waals surface area contributed by atoms with Crippen molar-refractivity contribution in [3.8, 4) is 5.75 Å². The predicted octanol–water partition coefficient (Wildman–Crippen LogP) is 3.14. The Labute approximate surface area is 194 Å². The third kappa shape index (κ3) is 5.97. The van der Waals surface area contributed by atoms with E-state index in [0.717, 1.165) is 12.1 Å². The van der Waals surface area contributed by atoms with Gasteiger partial charge >= 0.3 is 0 Å². The third-order valence-corrected chi connectivity index (χ3v) is 5.78. The van der Waals surface area contributed by atoms with E-state index in [1.165, 1.54) is 19.1 Å². The molecule has 1 aliphatic rings. The molecule has 12 heteroatoms. The van der Waals surface area contributed by atoms with Crippen LogP contribution in [0.4, 0.5) is 4.39 Å². The Hall–Kier alpha value is -2.33. The molecular formula is C21H21ClFNO8P-. The second-order valence-electron chi connectivity index (χ2n) is 7.89. The fourth-order valence-electron chi connectivity index (χ4n) is 3.52. The summed E-state index contributed by atoms with van der Waals surface area (Å²) in [7, 11) is -5.07. The van der Waals surface area contributed by atoms with Crippen molar-refractivity contribution in [2.75, 3.05) is 6.79 Å². The average Bonchev–Trinajstić information content (AvgIpc) is 2.68. The Bertz CT molecular complexity index is 1140. The van der Waals surface area contributed by atoms with E-state index in [1.54, 1.807) is 26.0 Å². The number of Topliss-reactive ketones (excluding diaryl/α,β-unsaturated/α-hetero) is 1. The molecule has 3 rings (SSSR count). The minimum Gasteiger partial charge on any atom is -0.756 e. The van der Waals surface area contributed by atoms with Crippen molar-refractivity contribution in [2.45, 2.75) is 38.5 Å². The number of hydrogen-bond donors (Lipinski definition) is 2. The molecule has 2 N–H and O–H groups in total. The van der Waals surface area contributed by atoms with Crippen LogP contribution in [0.1, 0.15) is 53.1 Å². The average molecular weight is 501 g/mol. The molecule has 0 saturated carbocycles. The van der Waals surface area contributed by atoms with Gasteiger partial charge in [0, 0.05) is 11.1 Å². The SMILES string of the molecule is CC(=O)c1ccc2c(c1)[C@H](NC(=O)c1ccc(F)cc1Cl)[C@@H](OCOP(=O)([O-])O)C(C)(C)O2. The lowest BCUT2D eigenvalue weighted by atomic mass is 9.85. The fraction of sp³-hybridized carbons (Fsp3) is 0.333. The van der Waals surface area contributed by atoms with Crippen LogP contribution in [0.3, 0.4) is 0 Å². The van der Waals surface area contributed by atoms with E-state index in [0.29, 0.717) is 16.9 Å². The lowest BCUT2D eigenvalue weighted by Gasteiger charge is -2.44. The first-order chi connectivity index (χ1) is 15.3. The van der Waals surface area contributed by atoms with Crippen LogP contribution in [-0.4, -0.2) is 35.1 Å². The van der Waals surface area contributed by atoms with Crippen LogP contribution >= 0.6 is 19.4 Å². The normalized spacial score (nSPS) is 20.8. The lowest BCUT2D eigenvalue weighted by molar-refractivity contribution is -0.234. The zero-order valence-corrected chi connectivity index (χ0v) is 19.5. The highest BCUT2D eigenvalue weighted by Crippen LogP contribution is 2.42. The number of phosphoric ester groups is 1. The Balaban J connectivity index is 2.02. The molecule has 0 fully saturated rings. The number of benzene rings is 2. The fourth-order valence-corrected chi connectivity index (χ4v) is 3.97. The zero-order valence-electron chi connectivity index (χ0n) is 17.8. The highest BCUT2D eigenvalue weighted by Gasteiger charge is 2.46. The van der Waals surface area contributed by atoms with E-state index in [2.05, 4.69) is 9.84 Å². The smallest absolute Gasteiger partial charge is 0.267 e. The number of halogens is 2. The molecule has 178 valence electrons. The summed E-state index contributed by atoms with van der Waals surface area (Å²) in [6.07, 6.45) is -1.04. The number of ketones is 1. The summed E-state index contributed by atoms with van der Waals surface area (Å²) in [6, 6.07) is 6.96. The lowest BCUT2D eigenvalue weighted by Crippen LogP contribution is -2.55. The molecule has 1 unspecified atom stereocenters. The van der Waals surface area contributed by atoms with Crippen LogP contribution in [0.5, 0.6) is 5.75 Å². The van der Waals surface area contributed by atoms with Crippen molar-refractivity contribution in [3.63, 3.8) is 0 Å². The van der Waals surface area contributed by atoms with Gasteiger partial charge in [0.15, 0.2) is 12.6 Å². The van der Waals surface area contributed by atoms with Crippen LogP contribution in [-0.2, 0) is 13.8 Å². The second-order valence-corrected chi connectivity index (χ2v) is 9.49. The molecule has 0 saturated heterocycles. The quantitative estimate of drug-likeness (QED) is 0.336. The van der Waals surface area contributed by atoms with Crippen molar-refractivity contribution in [1.82, 2.24) is 5.32 Å². The number of carbonyl (C=O) groups is 2. The van der Waals surface area contributed by atoms with Crippen LogP contribution in [0, 0.1) is 5.82 Å². The summed E-state index contributed by atoms with van der Waals surface area (Å²) in [5.41, 5.74) is -0.416. The van der Waals surface area contributed by atoms with Gasteiger partial charge in [-0.15, -0.1) is 0 Å². The summed E-state index contributed by atoms with van der Waals surface area (Å²) in [6.45, 7) is 3.79.